The number of piperazine rings is 6. The zero-order valence-corrected chi connectivity index (χ0v) is 92.7. The predicted molar refractivity (Wildman–Crippen MR) is 607 cm³/mol. The lowest BCUT2D eigenvalue weighted by molar-refractivity contribution is 0.0799. The van der Waals surface area contributed by atoms with Gasteiger partial charge in [-0.2, -0.15) is 34.9 Å². The lowest BCUT2D eigenvalue weighted by atomic mass is 10.00. The molecular weight excluding hydrogens is 2170 g/mol. The van der Waals surface area contributed by atoms with Crippen molar-refractivity contribution in [3.63, 3.8) is 0 Å². The molecule has 0 aliphatic carbocycles. The van der Waals surface area contributed by atoms with E-state index in [2.05, 4.69) is 174 Å². The highest BCUT2D eigenvalue weighted by atomic mass is 35.5. The molecule has 8 aromatic heterocycles. The smallest absolute Gasteiger partial charge is 0.211 e. The highest BCUT2D eigenvalue weighted by Gasteiger charge is 2.35. The minimum Gasteiger partial charge on any atom is -0.489 e. The van der Waals surface area contributed by atoms with Gasteiger partial charge in [0.25, 0.3) is 0 Å². The number of aromatic nitrogens is 8. The number of fused-ring (bicyclic) bond motifs is 7. The molecule has 40 nitrogen and oxygen atoms in total. The molecule has 13 aliphatic heterocycles. The maximum Gasteiger partial charge on any atom is 0.211 e. The zero-order chi connectivity index (χ0) is 104. The Morgan fingerprint density at radius 3 is 1.01 bits per heavy atom. The van der Waals surface area contributed by atoms with Crippen LogP contribution in [0.4, 0.5) is 11.5 Å². The molecule has 7 saturated heterocycles. The second kappa shape index (κ2) is 54.0. The summed E-state index contributed by atoms with van der Waals surface area (Å²) in [6.45, 7) is 26.9. The van der Waals surface area contributed by atoms with Crippen molar-refractivity contribution in [2.45, 2.75) is 103 Å². The largest absolute Gasteiger partial charge is 0.489 e. The Balaban J connectivity index is 0.000000128. The maximum atomic E-state index is 11.5. The number of anilines is 2. The first-order valence-corrected chi connectivity index (χ1v) is 55.6. The van der Waals surface area contributed by atoms with Crippen LogP contribution < -0.4 is 81.4 Å². The highest BCUT2D eigenvalue weighted by molar-refractivity contribution is 7.88. The van der Waals surface area contributed by atoms with Gasteiger partial charge in [0.2, 0.25) is 10.0 Å². The summed E-state index contributed by atoms with van der Waals surface area (Å²) in [5, 5.41) is 40.5. The van der Waals surface area contributed by atoms with Gasteiger partial charge in [-0.1, -0.05) is 82.1 Å². The van der Waals surface area contributed by atoms with Crippen molar-refractivity contribution in [3.05, 3.63) is 187 Å². The molecule has 149 heavy (non-hydrogen) atoms. The van der Waals surface area contributed by atoms with Crippen molar-refractivity contribution in [1.29, 1.82) is 0 Å². The van der Waals surface area contributed by atoms with E-state index in [9.17, 15) is 8.42 Å². The summed E-state index contributed by atoms with van der Waals surface area (Å²) in [6.07, 6.45) is 24.4. The van der Waals surface area contributed by atoms with Gasteiger partial charge in [-0.25, -0.2) is 13.4 Å². The molecule has 8 aromatic rings. The molecule has 13 aliphatic rings. The summed E-state index contributed by atoms with van der Waals surface area (Å²) in [4.78, 5) is 54.3. The summed E-state index contributed by atoms with van der Waals surface area (Å²) < 4.78 is 58.1. The Labute approximate surface area is 928 Å². The van der Waals surface area contributed by atoms with Crippen LogP contribution in [0.5, 0.6) is 34.5 Å². The van der Waals surface area contributed by atoms with E-state index in [1.807, 2.05) is 53.8 Å². The minimum absolute atomic E-state index is 0.399. The van der Waals surface area contributed by atoms with Crippen LogP contribution in [0.1, 0.15) is 113 Å². The van der Waals surface area contributed by atoms with Crippen LogP contribution in [0.25, 0.3) is 0 Å². The standard InChI is InChI=1S/2C18H19ClN6OS.C17H22ClN5OS.C15H20ClN5OS.C14H18ClN5O3S2.C14H18ClN5OS/c19-14-3-7-21-16-15(4-12-26-17(14)16)22-23-18(27)25-10-8-24(9-11-25)13-1-5-20-6-2-13;19-13-4-7-21-16-14(5-12-26-17(13)16)22-23-18(27)25-10-8-24(9-11-25)15-3-1-2-6-20-15;18-13-4-6-19-15-14(5-10-24-16(13)15)20-21-17(25)23-9-8-22-7-2-1-3-12(22)11-23;1-9-7-21(8-10(2)18-9)15(23)20-19-12-4-6-22-14-11(16)3-5-17-13(12)14;1-25(21,22)20-7-5-19(6-8-20)14(24)18-17-11-3-9-23-13-10(15)2-4-16-12(11)13;1-9-8-20(6-5-16-9)14(22)19-18-11-3-7-21-13-10(15)2-4-17-12(11)13/h1-3,5-7H,4,8-12H2,(H,23,27);1-4,6-7H,5,8-12H2,(H,23,27);4,6,12H,1-3,5,7-11H2,(H,21,25);3,5,9-10,18H,4,6-8H2,1-2H3,(H,20,23);2,4H,3,5-9H2,1H3,(H,18,24);2,4,9,16H,3,5-8H2,1H3,(H,19,22)/b22-15-;22-14-;20-14-;19-12-;17-11-;18-11-/t;;;9-,10+;;. The number of rotatable bonds is 9. The molecule has 0 saturated carbocycles. The van der Waals surface area contributed by atoms with Gasteiger partial charge < -0.3 is 78.3 Å². The van der Waals surface area contributed by atoms with E-state index in [4.69, 9.17) is 171 Å². The van der Waals surface area contributed by atoms with E-state index in [0.29, 0.717) is 258 Å². The Morgan fingerprint density at radius 2 is 0.671 bits per heavy atom. The van der Waals surface area contributed by atoms with E-state index in [1.165, 1.54) is 42.1 Å². The summed E-state index contributed by atoms with van der Waals surface area (Å²) >= 11 is 69.8. The molecule has 0 bridgehead atoms. The van der Waals surface area contributed by atoms with Crippen molar-refractivity contribution in [2.75, 3.05) is 193 Å². The number of ether oxygens (including phenoxy) is 6. The highest BCUT2D eigenvalue weighted by Crippen LogP contribution is 2.38. The van der Waals surface area contributed by atoms with Gasteiger partial charge >= 0.3 is 0 Å². The van der Waals surface area contributed by atoms with Gasteiger partial charge in [0.05, 0.1) is 110 Å². The number of sulfonamides is 1. The van der Waals surface area contributed by atoms with Gasteiger partial charge in [-0.3, -0.25) is 72.3 Å². The first kappa shape index (κ1) is 111. The van der Waals surface area contributed by atoms with Crippen molar-refractivity contribution < 1.29 is 36.8 Å². The Morgan fingerprint density at radius 1 is 0.349 bits per heavy atom. The molecule has 0 amide bonds. The second-order valence-electron chi connectivity index (χ2n) is 36.1. The molecule has 0 aromatic carbocycles. The van der Waals surface area contributed by atoms with Crippen LogP contribution in [0.15, 0.2) is 153 Å². The number of halogens is 6. The number of hydrogen-bond acceptors (Lipinski definition) is 33. The average molecular weight is 2280 g/mol. The van der Waals surface area contributed by atoms with E-state index in [1.54, 1.807) is 73.6 Å². The number of pyridine rings is 8. The Kier molecular flexibility index (Phi) is 40.2. The topological polar surface area (TPSA) is 395 Å². The molecule has 21 rings (SSSR count). The monoisotopic (exact) mass is 2280 g/mol. The van der Waals surface area contributed by atoms with Gasteiger partial charge in [-0.05, 0) is 174 Å². The molecule has 0 radical (unpaired) electrons. The minimum atomic E-state index is -3.16. The number of piperidine rings is 1. The van der Waals surface area contributed by atoms with Crippen LogP contribution in [-0.2, 0) is 10.0 Å². The zero-order valence-electron chi connectivity index (χ0n) is 82.4. The first-order chi connectivity index (χ1) is 72.2. The number of nitrogens with zero attached hydrogens (tertiary/aromatic N) is 24. The van der Waals surface area contributed by atoms with Crippen molar-refractivity contribution in [1.82, 2.24) is 122 Å². The normalized spacial score (nSPS) is 21.5. The number of nitrogens with one attached hydrogen (secondary N) is 8. The summed E-state index contributed by atoms with van der Waals surface area (Å²) in [5.74, 6) is 4.50. The van der Waals surface area contributed by atoms with Crippen molar-refractivity contribution in [3.8, 4) is 34.5 Å². The molecule has 2 unspecified atom stereocenters. The predicted octanol–water partition coefficient (Wildman–Crippen LogP) is 10.7. The van der Waals surface area contributed by atoms with Crippen molar-refractivity contribution >= 4 is 229 Å². The van der Waals surface area contributed by atoms with Crippen LogP contribution >= 0.6 is 143 Å². The van der Waals surface area contributed by atoms with Crippen molar-refractivity contribution in [2.24, 2.45) is 30.6 Å². The molecule has 21 heterocycles. The van der Waals surface area contributed by atoms with E-state index in [-0.39, 0.29) is 0 Å². The molecule has 7 fully saturated rings. The van der Waals surface area contributed by atoms with E-state index >= 15 is 0 Å². The summed E-state index contributed by atoms with van der Waals surface area (Å²) in [6, 6.07) is 22.1. The number of thiocarbonyl (C=S) groups is 6. The molecule has 4 atom stereocenters. The lowest BCUT2D eigenvalue weighted by Crippen LogP contribution is -2.57. The van der Waals surface area contributed by atoms with Gasteiger partial charge in [0, 0.05) is 255 Å². The molecule has 8 N–H and O–H groups in total. The van der Waals surface area contributed by atoms with Crippen LogP contribution in [-0.4, -0.2) is 359 Å². The molecule has 53 heteroatoms. The quantitative estimate of drug-likeness (QED) is 0.0491. The fourth-order valence-corrected chi connectivity index (χ4v) is 21.5. The first-order valence-electron chi connectivity index (χ1n) is 49.1. The SMILES string of the molecule is CC1CN(C(=S)N/N=C2/CCOc3c(Cl)ccnc32)CCN1.CS(=O)(=O)N1CCN(C(=S)N/N=C2/CCOc3c(Cl)ccnc32)CC1.C[C@@H]1CN(C(=S)N/N=C2/CCOc3c(Cl)ccnc32)C[C@H](C)N1.S=C(N/N=C1/CCOc2c(Cl)ccnc21)N1CCN(c2ccccn2)CC1.S=C(N/N=C1/CCOc2c(Cl)ccnc21)N1CCN(c2ccncc2)CC1.S=C(N/N=C1/CCOc2c(Cl)ccnc21)N1CCN2CCCCC2C1. The Hall–Kier alpha value is -10.7. The fraction of sp³-hybridized carbons (Fsp3) is 0.458. The third-order valence-electron chi connectivity index (χ3n) is 25.8. The van der Waals surface area contributed by atoms with E-state index in [0.717, 1.165) is 145 Å². The summed E-state index contributed by atoms with van der Waals surface area (Å²) in [7, 11) is -3.16. The van der Waals surface area contributed by atoms with Gasteiger partial charge in [0.15, 0.2) is 65.2 Å². The van der Waals surface area contributed by atoms with Crippen LogP contribution in [0, 0.1) is 0 Å². The Bertz CT molecular complexity index is 6250. The fourth-order valence-electron chi connectivity index (χ4n) is 18.2. The average Bonchev–Trinajstić information content (AvgIpc) is 0.816. The van der Waals surface area contributed by atoms with Gasteiger partial charge in [-0.15, -0.1) is 0 Å². The second-order valence-corrected chi connectivity index (χ2v) is 42.8. The number of hydrazone groups is 6. The third kappa shape index (κ3) is 30.0. The summed E-state index contributed by atoms with van der Waals surface area (Å²) in [5.41, 5.74) is 27.9. The van der Waals surface area contributed by atoms with E-state index < -0.39 is 10.0 Å². The molecule has 792 valence electrons. The third-order valence-corrected chi connectivity index (χ3v) is 31.0. The van der Waals surface area contributed by atoms with Crippen LogP contribution in [0.2, 0.25) is 30.1 Å². The molecular formula is C96H116Cl6N32O8S7. The lowest BCUT2D eigenvalue weighted by Gasteiger charge is -2.44. The maximum absolute atomic E-state index is 11.5. The number of hydrogen-bond donors (Lipinski definition) is 8. The molecule has 0 spiro atoms. The van der Waals surface area contributed by atoms with Crippen LogP contribution in [0.3, 0.4) is 0 Å². The van der Waals surface area contributed by atoms with Gasteiger partial charge in [0.1, 0.15) is 40.0 Å².